The highest BCUT2D eigenvalue weighted by Crippen LogP contribution is 2.26. The first-order valence-electron chi connectivity index (χ1n) is 5.48. The van der Waals surface area contributed by atoms with Crippen LogP contribution in [0.3, 0.4) is 0 Å². The number of halogens is 1. The van der Waals surface area contributed by atoms with Gasteiger partial charge in [0.1, 0.15) is 4.90 Å². The summed E-state index contributed by atoms with van der Waals surface area (Å²) in [4.78, 5) is 0.166. The zero-order chi connectivity index (χ0) is 12.5. The fraction of sp³-hybridized carbons (Fsp3) is 0.455. The van der Waals surface area contributed by atoms with E-state index in [1.165, 1.54) is 0 Å². The lowest BCUT2D eigenvalue weighted by Gasteiger charge is -2.09. The lowest BCUT2D eigenvalue weighted by molar-refractivity contribution is 0.581. The summed E-state index contributed by atoms with van der Waals surface area (Å²) >= 11 is 5.95. The van der Waals surface area contributed by atoms with Gasteiger partial charge in [0.25, 0.3) is 0 Å². The Hall–Kier alpha value is -0.620. The van der Waals surface area contributed by atoms with E-state index in [1.54, 1.807) is 12.1 Å². The molecule has 2 N–H and O–H groups in total. The fourth-order valence-electron chi connectivity index (χ4n) is 1.55. The van der Waals surface area contributed by atoms with Crippen LogP contribution in [0.15, 0.2) is 23.1 Å². The summed E-state index contributed by atoms with van der Waals surface area (Å²) in [5.41, 5.74) is 0.896. The second-order valence-electron chi connectivity index (χ2n) is 4.19. The minimum atomic E-state index is -3.48. The van der Waals surface area contributed by atoms with Crippen molar-refractivity contribution in [3.8, 4) is 0 Å². The average molecular weight is 275 g/mol. The van der Waals surface area contributed by atoms with Crippen molar-refractivity contribution in [1.82, 2.24) is 10.0 Å². The normalized spacial score (nSPS) is 16.1. The molecule has 1 aliphatic carbocycles. The van der Waals surface area contributed by atoms with Crippen LogP contribution in [0.4, 0.5) is 0 Å². The Balaban J connectivity index is 2.31. The quantitative estimate of drug-likeness (QED) is 0.856. The summed E-state index contributed by atoms with van der Waals surface area (Å²) in [6.07, 6.45) is 1.82. The molecule has 0 saturated heterocycles. The first-order valence-corrected chi connectivity index (χ1v) is 7.34. The summed E-state index contributed by atoms with van der Waals surface area (Å²) in [5, 5.41) is 3.24. The van der Waals surface area contributed by atoms with E-state index in [-0.39, 0.29) is 16.0 Å². The Bertz CT molecular complexity index is 512. The van der Waals surface area contributed by atoms with Crippen LogP contribution in [0.5, 0.6) is 0 Å². The zero-order valence-corrected chi connectivity index (χ0v) is 11.1. The molecule has 1 fully saturated rings. The third kappa shape index (κ3) is 3.19. The van der Waals surface area contributed by atoms with Gasteiger partial charge in [-0.05, 0) is 37.6 Å². The van der Waals surface area contributed by atoms with Gasteiger partial charge in [-0.2, -0.15) is 0 Å². The lowest BCUT2D eigenvalue weighted by atomic mass is 10.2. The summed E-state index contributed by atoms with van der Waals surface area (Å²) in [5.74, 6) is 0. The zero-order valence-electron chi connectivity index (χ0n) is 9.53. The minimum absolute atomic E-state index is 0.0871. The highest BCUT2D eigenvalue weighted by atomic mass is 35.5. The second kappa shape index (κ2) is 4.94. The van der Waals surface area contributed by atoms with Crippen LogP contribution >= 0.6 is 11.6 Å². The van der Waals surface area contributed by atoms with Gasteiger partial charge in [-0.25, -0.2) is 13.1 Å². The molecular weight excluding hydrogens is 260 g/mol. The Labute approximate surface area is 106 Å². The molecule has 1 aliphatic rings. The van der Waals surface area contributed by atoms with E-state index in [4.69, 9.17) is 11.6 Å². The van der Waals surface area contributed by atoms with E-state index in [9.17, 15) is 8.42 Å². The molecule has 2 rings (SSSR count). The monoisotopic (exact) mass is 274 g/mol. The number of benzene rings is 1. The smallest absolute Gasteiger partial charge is 0.242 e. The van der Waals surface area contributed by atoms with Crippen molar-refractivity contribution in [1.29, 1.82) is 0 Å². The molecule has 94 valence electrons. The van der Waals surface area contributed by atoms with E-state index < -0.39 is 10.0 Å². The molecule has 6 heteroatoms. The Morgan fingerprint density at radius 2 is 2.12 bits per heavy atom. The molecule has 1 aromatic carbocycles. The van der Waals surface area contributed by atoms with Gasteiger partial charge in [0, 0.05) is 12.6 Å². The van der Waals surface area contributed by atoms with E-state index in [1.807, 2.05) is 13.1 Å². The minimum Gasteiger partial charge on any atom is -0.316 e. The van der Waals surface area contributed by atoms with Crippen molar-refractivity contribution in [2.45, 2.75) is 30.3 Å². The number of hydrogen-bond acceptors (Lipinski definition) is 3. The van der Waals surface area contributed by atoms with Crippen molar-refractivity contribution >= 4 is 21.6 Å². The summed E-state index contributed by atoms with van der Waals surface area (Å²) in [6, 6.07) is 5.14. The van der Waals surface area contributed by atoms with Crippen LogP contribution in [0.1, 0.15) is 18.4 Å². The summed E-state index contributed by atoms with van der Waals surface area (Å²) < 4.78 is 26.7. The molecule has 4 nitrogen and oxygen atoms in total. The van der Waals surface area contributed by atoms with E-state index in [0.717, 1.165) is 18.4 Å². The SMILES string of the molecule is CNCc1ccc(Cl)c(S(=O)(=O)NC2CC2)c1. The molecule has 1 aromatic rings. The van der Waals surface area contributed by atoms with Crippen LogP contribution in [-0.2, 0) is 16.6 Å². The molecule has 0 aliphatic heterocycles. The van der Waals surface area contributed by atoms with Crippen LogP contribution in [0.25, 0.3) is 0 Å². The number of sulfonamides is 1. The van der Waals surface area contributed by atoms with Crippen molar-refractivity contribution in [3.63, 3.8) is 0 Å². The van der Waals surface area contributed by atoms with Crippen LogP contribution in [0, 0.1) is 0 Å². The standard InChI is InChI=1S/C11H15ClN2O2S/c1-13-7-8-2-5-10(12)11(6-8)17(15,16)14-9-3-4-9/h2,5-6,9,13-14H,3-4,7H2,1H3. The molecule has 0 heterocycles. The second-order valence-corrected chi connectivity index (χ2v) is 6.28. The van der Waals surface area contributed by atoms with Crippen molar-refractivity contribution in [2.75, 3.05) is 7.05 Å². The van der Waals surface area contributed by atoms with Gasteiger partial charge in [0.2, 0.25) is 10.0 Å². The molecule has 0 spiro atoms. The van der Waals surface area contributed by atoms with Gasteiger partial charge < -0.3 is 5.32 Å². The number of rotatable bonds is 5. The molecule has 0 aromatic heterocycles. The van der Waals surface area contributed by atoms with Crippen LogP contribution in [0.2, 0.25) is 5.02 Å². The maximum absolute atomic E-state index is 12.0. The fourth-order valence-corrected chi connectivity index (χ4v) is 3.41. The van der Waals surface area contributed by atoms with Crippen LogP contribution < -0.4 is 10.0 Å². The molecule has 0 unspecified atom stereocenters. The molecule has 17 heavy (non-hydrogen) atoms. The Morgan fingerprint density at radius 1 is 1.41 bits per heavy atom. The third-order valence-corrected chi connectivity index (χ3v) is 4.57. The Kier molecular flexibility index (Phi) is 3.73. The number of hydrogen-bond donors (Lipinski definition) is 2. The van der Waals surface area contributed by atoms with Crippen molar-refractivity contribution < 1.29 is 8.42 Å². The Morgan fingerprint density at radius 3 is 2.71 bits per heavy atom. The van der Waals surface area contributed by atoms with E-state index in [0.29, 0.717) is 6.54 Å². The topological polar surface area (TPSA) is 58.2 Å². The maximum atomic E-state index is 12.0. The highest BCUT2D eigenvalue weighted by molar-refractivity contribution is 7.89. The predicted octanol–water partition coefficient (Wildman–Crippen LogP) is 1.50. The van der Waals surface area contributed by atoms with Crippen molar-refractivity contribution in [3.05, 3.63) is 28.8 Å². The molecule has 0 bridgehead atoms. The lowest BCUT2D eigenvalue weighted by Crippen LogP contribution is -2.26. The molecule has 1 saturated carbocycles. The van der Waals surface area contributed by atoms with Gasteiger partial charge in [0.15, 0.2) is 0 Å². The van der Waals surface area contributed by atoms with Gasteiger partial charge >= 0.3 is 0 Å². The largest absolute Gasteiger partial charge is 0.316 e. The average Bonchev–Trinajstić information content (AvgIpc) is 3.04. The van der Waals surface area contributed by atoms with Gasteiger partial charge in [-0.15, -0.1) is 0 Å². The van der Waals surface area contributed by atoms with Crippen molar-refractivity contribution in [2.24, 2.45) is 0 Å². The molecule has 0 atom stereocenters. The third-order valence-electron chi connectivity index (χ3n) is 2.57. The number of nitrogens with one attached hydrogen (secondary N) is 2. The molecule has 0 amide bonds. The molecular formula is C11H15ClN2O2S. The predicted molar refractivity (Wildman–Crippen MR) is 67.6 cm³/mol. The summed E-state index contributed by atoms with van der Waals surface area (Å²) in [7, 11) is -1.67. The molecule has 0 radical (unpaired) electrons. The first-order chi connectivity index (χ1) is 8.03. The van der Waals surface area contributed by atoms with Gasteiger partial charge in [-0.3, -0.25) is 0 Å². The maximum Gasteiger partial charge on any atom is 0.242 e. The van der Waals surface area contributed by atoms with Crippen LogP contribution in [-0.4, -0.2) is 21.5 Å². The first kappa shape index (κ1) is 12.8. The highest BCUT2D eigenvalue weighted by Gasteiger charge is 2.29. The van der Waals surface area contributed by atoms with Gasteiger partial charge in [0.05, 0.1) is 5.02 Å². The summed E-state index contributed by atoms with van der Waals surface area (Å²) in [6.45, 7) is 0.614. The van der Waals surface area contributed by atoms with E-state index >= 15 is 0 Å². The van der Waals surface area contributed by atoms with E-state index in [2.05, 4.69) is 10.0 Å². The van der Waals surface area contributed by atoms with Gasteiger partial charge in [-0.1, -0.05) is 17.7 Å².